The van der Waals surface area contributed by atoms with Crippen LogP contribution in [0.5, 0.6) is 0 Å². The van der Waals surface area contributed by atoms with Crippen molar-refractivity contribution in [3.05, 3.63) is 27.7 Å². The van der Waals surface area contributed by atoms with Gasteiger partial charge in [0.15, 0.2) is 0 Å². The van der Waals surface area contributed by atoms with Crippen molar-refractivity contribution in [3.63, 3.8) is 0 Å². The van der Waals surface area contributed by atoms with Gasteiger partial charge in [0.2, 0.25) is 5.91 Å². The fraction of sp³-hybridized carbons (Fsp3) is 0.571. The maximum absolute atomic E-state index is 12.0. The average Bonchev–Trinajstić information content (AvgIpc) is 2.66. The van der Waals surface area contributed by atoms with Crippen molar-refractivity contribution < 1.29 is 4.79 Å². The van der Waals surface area contributed by atoms with E-state index in [-0.39, 0.29) is 11.9 Å². The highest BCUT2D eigenvalue weighted by atomic mass is 32.1. The summed E-state index contributed by atoms with van der Waals surface area (Å²) in [5.74, 6) is 0.136. The van der Waals surface area contributed by atoms with Gasteiger partial charge in [0.25, 0.3) is 0 Å². The van der Waals surface area contributed by atoms with Gasteiger partial charge in [-0.2, -0.15) is 0 Å². The van der Waals surface area contributed by atoms with Crippen LogP contribution in [-0.4, -0.2) is 22.8 Å². The van der Waals surface area contributed by atoms with Crippen molar-refractivity contribution >= 4 is 17.2 Å². The number of aryl methyl sites for hydroxylation is 2. The molecule has 0 aromatic carbocycles. The second-order valence-corrected chi connectivity index (χ2v) is 5.85. The van der Waals surface area contributed by atoms with E-state index in [0.717, 1.165) is 17.1 Å². The van der Waals surface area contributed by atoms with E-state index < -0.39 is 0 Å². The molecule has 1 aromatic heterocycles. The van der Waals surface area contributed by atoms with Crippen molar-refractivity contribution in [1.29, 1.82) is 0 Å². The Bertz CT molecular complexity index is 437. The minimum absolute atomic E-state index is 0.0393. The smallest absolute Gasteiger partial charge is 0.226 e. The summed E-state index contributed by atoms with van der Waals surface area (Å²) < 4.78 is 0. The standard InChI is InChI=1S/C14H22N2OS/c1-6-7-8-9-13(17)16(5)10(2)14-11(3)18-12(4)15-14/h7-8,10H,6,9H2,1-5H3/b8-7+/t10-/m1/s1. The Morgan fingerprint density at radius 1 is 1.44 bits per heavy atom. The molecule has 1 heterocycles. The van der Waals surface area contributed by atoms with Gasteiger partial charge in [-0.15, -0.1) is 11.3 Å². The molecule has 1 atom stereocenters. The first-order valence-electron chi connectivity index (χ1n) is 6.32. The second kappa shape index (κ2) is 6.69. The number of nitrogens with zero attached hydrogens (tertiary/aromatic N) is 2. The Kier molecular flexibility index (Phi) is 5.54. The average molecular weight is 266 g/mol. The Balaban J connectivity index is 2.71. The number of rotatable bonds is 5. The molecule has 0 aliphatic rings. The van der Waals surface area contributed by atoms with Crippen molar-refractivity contribution in [2.24, 2.45) is 0 Å². The van der Waals surface area contributed by atoms with Gasteiger partial charge in [0.1, 0.15) is 0 Å². The molecule has 3 nitrogen and oxygen atoms in total. The zero-order valence-corrected chi connectivity index (χ0v) is 12.7. The van der Waals surface area contributed by atoms with E-state index in [9.17, 15) is 4.79 Å². The van der Waals surface area contributed by atoms with Gasteiger partial charge in [-0.1, -0.05) is 19.1 Å². The molecule has 0 bridgehead atoms. The first kappa shape index (κ1) is 14.9. The number of hydrogen-bond acceptors (Lipinski definition) is 3. The lowest BCUT2D eigenvalue weighted by atomic mass is 10.2. The number of aromatic nitrogens is 1. The van der Waals surface area contributed by atoms with Gasteiger partial charge in [0, 0.05) is 18.3 Å². The molecular weight excluding hydrogens is 244 g/mol. The fourth-order valence-electron chi connectivity index (χ4n) is 1.83. The first-order valence-corrected chi connectivity index (χ1v) is 7.13. The molecule has 0 spiro atoms. The number of allylic oxidation sites excluding steroid dienone is 1. The van der Waals surface area contributed by atoms with Crippen LogP contribution in [0.3, 0.4) is 0 Å². The van der Waals surface area contributed by atoms with Crippen LogP contribution in [0.15, 0.2) is 12.2 Å². The highest BCUT2D eigenvalue weighted by Crippen LogP contribution is 2.26. The second-order valence-electron chi connectivity index (χ2n) is 4.44. The Morgan fingerprint density at radius 2 is 2.11 bits per heavy atom. The van der Waals surface area contributed by atoms with E-state index in [2.05, 4.69) is 18.8 Å². The summed E-state index contributed by atoms with van der Waals surface area (Å²) in [6, 6.07) is 0.0393. The zero-order chi connectivity index (χ0) is 13.7. The fourth-order valence-corrected chi connectivity index (χ4v) is 2.73. The maximum Gasteiger partial charge on any atom is 0.226 e. The normalized spacial score (nSPS) is 12.9. The quantitative estimate of drug-likeness (QED) is 0.762. The minimum Gasteiger partial charge on any atom is -0.337 e. The van der Waals surface area contributed by atoms with E-state index in [0.29, 0.717) is 6.42 Å². The van der Waals surface area contributed by atoms with Crippen LogP contribution in [0, 0.1) is 13.8 Å². The SMILES string of the molecule is CC/C=C/CC(=O)N(C)[C@H](C)c1nc(C)sc1C. The Morgan fingerprint density at radius 3 is 2.61 bits per heavy atom. The van der Waals surface area contributed by atoms with Gasteiger partial charge in [-0.25, -0.2) is 4.98 Å². The molecule has 1 amide bonds. The Hall–Kier alpha value is -1.16. The van der Waals surface area contributed by atoms with E-state index in [1.165, 1.54) is 4.88 Å². The molecular formula is C14H22N2OS. The summed E-state index contributed by atoms with van der Waals surface area (Å²) in [6.07, 6.45) is 5.40. The number of amides is 1. The highest BCUT2D eigenvalue weighted by Gasteiger charge is 2.20. The Labute approximate surface area is 114 Å². The lowest BCUT2D eigenvalue weighted by Gasteiger charge is -2.23. The molecule has 100 valence electrons. The molecule has 0 aliphatic carbocycles. The predicted octanol–water partition coefficient (Wildman–Crippen LogP) is 3.64. The van der Waals surface area contributed by atoms with Gasteiger partial charge in [-0.3, -0.25) is 4.79 Å². The van der Waals surface area contributed by atoms with Crippen LogP contribution in [-0.2, 0) is 4.79 Å². The molecule has 1 rings (SSSR count). The monoisotopic (exact) mass is 266 g/mol. The van der Waals surface area contributed by atoms with E-state index >= 15 is 0 Å². The molecule has 18 heavy (non-hydrogen) atoms. The van der Waals surface area contributed by atoms with Crippen molar-refractivity contribution in [2.75, 3.05) is 7.05 Å². The van der Waals surface area contributed by atoms with Gasteiger partial charge < -0.3 is 4.90 Å². The summed E-state index contributed by atoms with van der Waals surface area (Å²) in [7, 11) is 1.85. The van der Waals surface area contributed by atoms with Gasteiger partial charge >= 0.3 is 0 Å². The lowest BCUT2D eigenvalue weighted by molar-refractivity contribution is -0.130. The van der Waals surface area contributed by atoms with Crippen LogP contribution in [0.1, 0.15) is 48.3 Å². The lowest BCUT2D eigenvalue weighted by Crippen LogP contribution is -2.29. The van der Waals surface area contributed by atoms with Crippen LogP contribution in [0.2, 0.25) is 0 Å². The summed E-state index contributed by atoms with van der Waals surface area (Å²) in [5, 5.41) is 1.06. The molecule has 0 unspecified atom stereocenters. The number of thiazole rings is 1. The summed E-state index contributed by atoms with van der Waals surface area (Å²) in [6.45, 7) is 8.16. The number of hydrogen-bond donors (Lipinski definition) is 0. The van der Waals surface area contributed by atoms with Crippen LogP contribution in [0.25, 0.3) is 0 Å². The van der Waals surface area contributed by atoms with E-state index in [1.54, 1.807) is 16.2 Å². The summed E-state index contributed by atoms with van der Waals surface area (Å²) >= 11 is 1.69. The number of carbonyl (C=O) groups excluding carboxylic acids is 1. The van der Waals surface area contributed by atoms with Crippen LogP contribution in [0.4, 0.5) is 0 Å². The van der Waals surface area contributed by atoms with Crippen LogP contribution < -0.4 is 0 Å². The maximum atomic E-state index is 12.0. The topological polar surface area (TPSA) is 33.2 Å². The van der Waals surface area contributed by atoms with Crippen molar-refractivity contribution in [2.45, 2.75) is 46.6 Å². The largest absolute Gasteiger partial charge is 0.337 e. The van der Waals surface area contributed by atoms with E-state index in [1.807, 2.05) is 33.0 Å². The van der Waals surface area contributed by atoms with Gasteiger partial charge in [-0.05, 0) is 27.2 Å². The summed E-state index contributed by atoms with van der Waals surface area (Å²) in [4.78, 5) is 19.5. The summed E-state index contributed by atoms with van der Waals surface area (Å²) in [5.41, 5.74) is 1.02. The molecule has 0 N–H and O–H groups in total. The molecule has 0 aliphatic heterocycles. The number of carbonyl (C=O) groups is 1. The third kappa shape index (κ3) is 3.67. The minimum atomic E-state index is 0.0393. The van der Waals surface area contributed by atoms with Crippen molar-refractivity contribution in [1.82, 2.24) is 9.88 Å². The molecule has 0 saturated carbocycles. The molecule has 0 fully saturated rings. The van der Waals surface area contributed by atoms with E-state index in [4.69, 9.17) is 0 Å². The van der Waals surface area contributed by atoms with Crippen molar-refractivity contribution in [3.8, 4) is 0 Å². The first-order chi connectivity index (χ1) is 8.47. The zero-order valence-electron chi connectivity index (χ0n) is 11.9. The van der Waals surface area contributed by atoms with Crippen LogP contribution >= 0.6 is 11.3 Å². The highest BCUT2D eigenvalue weighted by molar-refractivity contribution is 7.11. The molecule has 4 heteroatoms. The van der Waals surface area contributed by atoms with Gasteiger partial charge in [0.05, 0.1) is 16.7 Å². The molecule has 0 saturated heterocycles. The third-order valence-corrected chi connectivity index (χ3v) is 3.91. The third-order valence-electron chi connectivity index (χ3n) is 3.00. The predicted molar refractivity (Wildman–Crippen MR) is 76.8 cm³/mol. The molecule has 0 radical (unpaired) electrons. The molecule has 1 aromatic rings.